The van der Waals surface area contributed by atoms with Crippen LogP contribution < -0.4 is 20.2 Å². The molecule has 3 aliphatic heterocycles. The first-order valence-corrected chi connectivity index (χ1v) is 26.1. The molecule has 0 atom stereocenters. The number of nitrogens with zero attached hydrogens (tertiary/aromatic N) is 2. The van der Waals surface area contributed by atoms with Crippen molar-refractivity contribution in [3.05, 3.63) is 215 Å². The van der Waals surface area contributed by atoms with E-state index in [1.165, 1.54) is 125 Å². The fraction of sp³-hybridized carbons (Fsp3) is 0.161. The van der Waals surface area contributed by atoms with Gasteiger partial charge in [0.25, 0.3) is 0 Å². The predicted molar refractivity (Wildman–Crippen MR) is 283 cm³/mol. The minimum absolute atomic E-state index is 0.138. The zero-order valence-electron chi connectivity index (χ0n) is 37.9. The third-order valence-corrected chi connectivity index (χ3v) is 20.5. The van der Waals surface area contributed by atoms with Gasteiger partial charge in [0.2, 0.25) is 0 Å². The lowest BCUT2D eigenvalue weighted by molar-refractivity contribution is 0.660. The molecule has 0 aromatic heterocycles. The van der Waals surface area contributed by atoms with Crippen LogP contribution in [-0.2, 0) is 5.41 Å². The Balaban J connectivity index is 0.842. The zero-order chi connectivity index (χ0) is 43.9. The maximum Gasteiger partial charge on any atom is 0.123 e. The summed E-state index contributed by atoms with van der Waals surface area (Å²) in [5, 5.41) is 8.28. The Bertz CT molecular complexity index is 3320. The zero-order valence-corrected chi connectivity index (χ0v) is 38.9. The van der Waals surface area contributed by atoms with Crippen LogP contribution >= 0.6 is 0 Å². The van der Waals surface area contributed by atoms with Crippen LogP contribution in [0.3, 0.4) is 0 Å². The summed E-state index contributed by atoms with van der Waals surface area (Å²) < 4.78 is 0. The van der Waals surface area contributed by atoms with E-state index in [0.29, 0.717) is 0 Å². The van der Waals surface area contributed by atoms with Gasteiger partial charge in [-0.1, -0.05) is 173 Å². The van der Waals surface area contributed by atoms with Crippen molar-refractivity contribution in [3.63, 3.8) is 0 Å². The van der Waals surface area contributed by atoms with Gasteiger partial charge < -0.3 is 9.80 Å². The maximum absolute atomic E-state index is 2.58. The molecule has 0 unspecified atom stereocenters. The third-order valence-electron chi connectivity index (χ3n) is 15.2. The number of benzene rings is 8. The molecule has 1 spiro atoms. The summed E-state index contributed by atoms with van der Waals surface area (Å²) in [4.78, 5) is 5.01. The van der Waals surface area contributed by atoms with Crippen molar-refractivity contribution in [2.24, 2.45) is 0 Å². The van der Waals surface area contributed by atoms with E-state index < -0.39 is 8.07 Å². The summed E-state index contributed by atoms with van der Waals surface area (Å²) in [6.07, 6.45) is 17.2. The summed E-state index contributed by atoms with van der Waals surface area (Å²) in [6, 6.07) is 62.9. The molecule has 2 nitrogen and oxygen atoms in total. The van der Waals surface area contributed by atoms with Crippen LogP contribution in [0.5, 0.6) is 0 Å². The second-order valence-electron chi connectivity index (χ2n) is 19.1. The molecule has 0 bridgehead atoms. The standard InChI is InChI=1S/C62H54N2Si/c1-5-15-56-44(6-2)26-27-45-16-7-8-17-57(45)63(56)48-30-34-51-47(40-48)29-28-46-38-42(24-32-50(46)51)22-23-43-25-33-52-53-35-31-49(41-55(53)62(3,4)54(52)39-43)64-58-18-9-11-20-60(58)65(36-13-14-37-65)61-21-12-10-19-59(61)64/h5,7-12,15-35,38-41H,6,13-14,36-37H2,1-4H3. The van der Waals surface area contributed by atoms with Gasteiger partial charge in [0.05, 0.1) is 5.69 Å². The number of fused-ring (bicyclic) bond motifs is 11. The van der Waals surface area contributed by atoms with Crippen LogP contribution in [-0.4, -0.2) is 8.07 Å². The van der Waals surface area contributed by atoms with Crippen molar-refractivity contribution in [2.45, 2.75) is 64.5 Å². The highest BCUT2D eigenvalue weighted by atomic mass is 28.3. The van der Waals surface area contributed by atoms with E-state index >= 15 is 0 Å². The highest BCUT2D eigenvalue weighted by Crippen LogP contribution is 2.52. The number of para-hydroxylation sites is 3. The van der Waals surface area contributed by atoms with Gasteiger partial charge in [0.1, 0.15) is 8.07 Å². The Kier molecular flexibility index (Phi) is 9.36. The predicted octanol–water partition coefficient (Wildman–Crippen LogP) is 16.0. The number of rotatable bonds is 6. The number of allylic oxidation sites excluding steroid dienone is 4. The number of hydrogen-bond donors (Lipinski definition) is 0. The van der Waals surface area contributed by atoms with Gasteiger partial charge in [-0.05, 0) is 156 Å². The second kappa shape index (κ2) is 15.4. The smallest absolute Gasteiger partial charge is 0.123 e. The minimum atomic E-state index is -1.78. The highest BCUT2D eigenvalue weighted by Gasteiger charge is 2.47. The Morgan fingerprint density at radius 1 is 0.538 bits per heavy atom. The summed E-state index contributed by atoms with van der Waals surface area (Å²) in [7, 11) is -1.78. The van der Waals surface area contributed by atoms with Gasteiger partial charge in [-0.15, -0.1) is 0 Å². The molecule has 8 aromatic rings. The molecule has 1 saturated heterocycles. The van der Waals surface area contributed by atoms with Crippen LogP contribution in [0.1, 0.15) is 74.8 Å². The SMILES string of the molecule is CC=CC1=C(CC)C=Cc2ccccc2N1c1ccc2c(ccc3cc(C=Cc4ccc5c(c4)C(C)(C)c4cc(N6c7ccccc7[Si]7(CCCC7)c7ccccc76)ccc4-5)ccc32)c1. The summed E-state index contributed by atoms with van der Waals surface area (Å²) in [6.45, 7) is 9.17. The maximum atomic E-state index is 2.58. The number of hydrogen-bond acceptors (Lipinski definition) is 2. The van der Waals surface area contributed by atoms with E-state index in [9.17, 15) is 0 Å². The fourth-order valence-electron chi connectivity index (χ4n) is 12.0. The lowest BCUT2D eigenvalue weighted by Gasteiger charge is -2.43. The molecule has 4 aliphatic rings. The molecule has 1 aliphatic carbocycles. The quantitative estimate of drug-likeness (QED) is 0.0934. The van der Waals surface area contributed by atoms with Crippen molar-refractivity contribution in [2.75, 3.05) is 9.80 Å². The number of anilines is 5. The first kappa shape index (κ1) is 39.6. The molecule has 316 valence electrons. The molecular formula is C62H54N2Si. The molecule has 65 heavy (non-hydrogen) atoms. The third kappa shape index (κ3) is 6.20. The van der Waals surface area contributed by atoms with E-state index in [1.54, 1.807) is 10.4 Å². The Hall–Kier alpha value is -6.94. The highest BCUT2D eigenvalue weighted by molar-refractivity contribution is 7.05. The van der Waals surface area contributed by atoms with Crippen molar-refractivity contribution in [3.8, 4) is 11.1 Å². The van der Waals surface area contributed by atoms with Crippen molar-refractivity contribution >= 4 is 86.7 Å². The van der Waals surface area contributed by atoms with E-state index in [0.717, 1.165) is 6.42 Å². The van der Waals surface area contributed by atoms with E-state index in [-0.39, 0.29) is 5.41 Å². The second-order valence-corrected chi connectivity index (χ2v) is 23.3. The molecule has 12 rings (SSSR count). The molecule has 0 radical (unpaired) electrons. The van der Waals surface area contributed by atoms with Crippen LogP contribution in [0.4, 0.5) is 28.4 Å². The average molecular weight is 855 g/mol. The largest absolute Gasteiger partial charge is 0.311 e. The van der Waals surface area contributed by atoms with Gasteiger partial charge in [0, 0.05) is 33.9 Å². The lowest BCUT2D eigenvalue weighted by Crippen LogP contribution is -2.60. The monoisotopic (exact) mass is 854 g/mol. The van der Waals surface area contributed by atoms with Crippen LogP contribution in [0.25, 0.3) is 50.9 Å². The van der Waals surface area contributed by atoms with Gasteiger partial charge in [-0.2, -0.15) is 0 Å². The van der Waals surface area contributed by atoms with Crippen molar-refractivity contribution in [1.82, 2.24) is 0 Å². The fourth-order valence-corrected chi connectivity index (χ4v) is 17.5. The summed E-state index contributed by atoms with van der Waals surface area (Å²) >= 11 is 0. The van der Waals surface area contributed by atoms with Crippen LogP contribution in [0.2, 0.25) is 12.1 Å². The normalized spacial score (nSPS) is 16.7. The van der Waals surface area contributed by atoms with Gasteiger partial charge >= 0.3 is 0 Å². The molecule has 1 fully saturated rings. The molecule has 0 saturated carbocycles. The first-order chi connectivity index (χ1) is 31.9. The Morgan fingerprint density at radius 2 is 1.11 bits per heavy atom. The molecule has 8 aromatic carbocycles. The Labute approximate surface area is 385 Å². The van der Waals surface area contributed by atoms with Crippen LogP contribution in [0, 0.1) is 0 Å². The molecular weight excluding hydrogens is 801 g/mol. The van der Waals surface area contributed by atoms with Gasteiger partial charge in [-0.25, -0.2) is 0 Å². The molecule has 0 amide bonds. The van der Waals surface area contributed by atoms with Crippen LogP contribution in [0.15, 0.2) is 187 Å². The van der Waals surface area contributed by atoms with Crippen molar-refractivity contribution < 1.29 is 0 Å². The van der Waals surface area contributed by atoms with E-state index in [1.807, 2.05) is 0 Å². The van der Waals surface area contributed by atoms with E-state index in [4.69, 9.17) is 0 Å². The lowest BCUT2D eigenvalue weighted by atomic mass is 9.81. The van der Waals surface area contributed by atoms with Crippen molar-refractivity contribution in [1.29, 1.82) is 0 Å². The summed E-state index contributed by atoms with van der Waals surface area (Å²) in [5.74, 6) is 0. The minimum Gasteiger partial charge on any atom is -0.311 e. The first-order valence-electron chi connectivity index (χ1n) is 23.7. The molecule has 3 heterocycles. The summed E-state index contributed by atoms with van der Waals surface area (Å²) in [5.41, 5.74) is 18.0. The molecule has 0 N–H and O–H groups in total. The van der Waals surface area contributed by atoms with Gasteiger partial charge in [0.15, 0.2) is 0 Å². The average Bonchev–Trinajstić information content (AvgIpc) is 3.87. The topological polar surface area (TPSA) is 6.48 Å². The van der Waals surface area contributed by atoms with Gasteiger partial charge in [-0.3, -0.25) is 0 Å². The Morgan fingerprint density at radius 3 is 1.82 bits per heavy atom. The van der Waals surface area contributed by atoms with E-state index in [2.05, 4.69) is 232 Å². The molecule has 3 heteroatoms.